The van der Waals surface area contributed by atoms with Crippen molar-refractivity contribution in [3.8, 4) is 0 Å². The second-order valence-corrected chi connectivity index (χ2v) is 10.2. The zero-order chi connectivity index (χ0) is 24.5. The summed E-state index contributed by atoms with van der Waals surface area (Å²) in [6.45, 7) is 0.0699. The molecule has 0 aliphatic carbocycles. The molecule has 0 saturated carbocycles. The van der Waals surface area contributed by atoms with Gasteiger partial charge in [-0.1, -0.05) is 48.0 Å². The second kappa shape index (κ2) is 9.40. The number of rotatable bonds is 5. The molecule has 1 aliphatic rings. The number of hydrogen-bond donors (Lipinski definition) is 1. The van der Waals surface area contributed by atoms with Crippen molar-refractivity contribution in [2.45, 2.75) is 36.6 Å². The Morgan fingerprint density at radius 3 is 2.32 bits per heavy atom. The van der Waals surface area contributed by atoms with Crippen LogP contribution in [0.1, 0.15) is 22.3 Å². The zero-order valence-corrected chi connectivity index (χ0v) is 19.3. The van der Waals surface area contributed by atoms with Gasteiger partial charge in [-0.15, -0.1) is 0 Å². The molecule has 0 bridgehead atoms. The second-order valence-electron chi connectivity index (χ2n) is 7.91. The van der Waals surface area contributed by atoms with Crippen LogP contribution in [0.5, 0.6) is 0 Å². The molecule has 1 aliphatic heterocycles. The molecule has 0 saturated heterocycles. The van der Waals surface area contributed by atoms with E-state index in [0.29, 0.717) is 5.02 Å². The van der Waals surface area contributed by atoms with Crippen LogP contribution in [-0.4, -0.2) is 24.7 Å². The van der Waals surface area contributed by atoms with Crippen LogP contribution in [0.2, 0.25) is 5.02 Å². The highest BCUT2D eigenvalue weighted by Crippen LogP contribution is 2.32. The summed E-state index contributed by atoms with van der Waals surface area (Å²) in [5.74, 6) is -0.509. The summed E-state index contributed by atoms with van der Waals surface area (Å²) < 4.78 is 66.7. The number of benzene rings is 3. The molecule has 1 unspecified atom stereocenters. The SMILES string of the molecule is O=C(NCc1cccc(Cl)c1)C1Cc2ccccc2CN1S(=O)(=O)c1ccc(C(F)(F)F)cc1. The largest absolute Gasteiger partial charge is 0.416 e. The maximum atomic E-state index is 13.4. The highest BCUT2D eigenvalue weighted by atomic mass is 35.5. The Morgan fingerprint density at radius 1 is 1.00 bits per heavy atom. The van der Waals surface area contributed by atoms with Gasteiger partial charge in [0.05, 0.1) is 10.5 Å². The van der Waals surface area contributed by atoms with Gasteiger partial charge in [0, 0.05) is 18.1 Å². The van der Waals surface area contributed by atoms with Crippen molar-refractivity contribution in [2.75, 3.05) is 0 Å². The third-order valence-electron chi connectivity index (χ3n) is 5.65. The number of carbonyl (C=O) groups is 1. The third kappa shape index (κ3) is 5.11. The Balaban J connectivity index is 1.64. The van der Waals surface area contributed by atoms with Gasteiger partial charge in [-0.25, -0.2) is 8.42 Å². The standard InChI is InChI=1S/C24H20ClF3N2O3S/c25-20-7-3-4-16(12-20)14-29-23(31)22-13-17-5-1-2-6-18(17)15-30(22)34(32,33)21-10-8-19(9-11-21)24(26,27)28/h1-12,22H,13-15H2,(H,29,31). The van der Waals surface area contributed by atoms with Crippen LogP contribution in [0.4, 0.5) is 13.2 Å². The minimum atomic E-state index is -4.59. The van der Waals surface area contributed by atoms with Gasteiger partial charge in [-0.2, -0.15) is 17.5 Å². The molecule has 10 heteroatoms. The molecule has 34 heavy (non-hydrogen) atoms. The van der Waals surface area contributed by atoms with Crippen molar-refractivity contribution in [2.24, 2.45) is 0 Å². The zero-order valence-electron chi connectivity index (χ0n) is 17.7. The van der Waals surface area contributed by atoms with Crippen LogP contribution >= 0.6 is 11.6 Å². The van der Waals surface area contributed by atoms with Gasteiger partial charge < -0.3 is 5.32 Å². The molecule has 5 nitrogen and oxygen atoms in total. The molecular weight excluding hydrogens is 489 g/mol. The normalized spacial score (nSPS) is 16.6. The lowest BCUT2D eigenvalue weighted by Gasteiger charge is -2.35. The van der Waals surface area contributed by atoms with Crippen molar-refractivity contribution in [3.05, 3.63) is 100 Å². The Labute approximate surface area is 200 Å². The smallest absolute Gasteiger partial charge is 0.351 e. The molecule has 0 spiro atoms. The van der Waals surface area contributed by atoms with Crippen LogP contribution in [-0.2, 0) is 40.5 Å². The van der Waals surface area contributed by atoms with Crippen molar-refractivity contribution in [1.29, 1.82) is 0 Å². The van der Waals surface area contributed by atoms with Crippen LogP contribution in [0.15, 0.2) is 77.7 Å². The van der Waals surface area contributed by atoms with Crippen molar-refractivity contribution < 1.29 is 26.4 Å². The average Bonchev–Trinajstić information content (AvgIpc) is 2.81. The highest BCUT2D eigenvalue weighted by Gasteiger charge is 2.40. The van der Waals surface area contributed by atoms with E-state index in [1.807, 2.05) is 6.07 Å². The van der Waals surface area contributed by atoms with Gasteiger partial charge in [0.1, 0.15) is 6.04 Å². The van der Waals surface area contributed by atoms with Gasteiger partial charge in [0.2, 0.25) is 15.9 Å². The molecule has 0 radical (unpaired) electrons. The lowest BCUT2D eigenvalue weighted by Crippen LogP contribution is -2.52. The summed E-state index contributed by atoms with van der Waals surface area (Å²) >= 11 is 5.98. The predicted molar refractivity (Wildman–Crippen MR) is 121 cm³/mol. The molecule has 1 N–H and O–H groups in total. The van der Waals surface area contributed by atoms with E-state index < -0.39 is 33.7 Å². The van der Waals surface area contributed by atoms with E-state index in [4.69, 9.17) is 11.6 Å². The number of sulfonamides is 1. The van der Waals surface area contributed by atoms with E-state index in [2.05, 4.69) is 5.32 Å². The fourth-order valence-electron chi connectivity index (χ4n) is 3.88. The summed E-state index contributed by atoms with van der Waals surface area (Å²) in [5, 5.41) is 3.26. The third-order valence-corrected chi connectivity index (χ3v) is 7.76. The first-order valence-electron chi connectivity index (χ1n) is 10.3. The lowest BCUT2D eigenvalue weighted by molar-refractivity contribution is -0.137. The summed E-state index contributed by atoms with van der Waals surface area (Å²) in [4.78, 5) is 12.8. The molecule has 0 fully saturated rings. The average molecular weight is 509 g/mol. The molecule has 4 rings (SSSR count). The first-order chi connectivity index (χ1) is 16.1. The van der Waals surface area contributed by atoms with Crippen molar-refractivity contribution in [1.82, 2.24) is 9.62 Å². The molecule has 1 amide bonds. The quantitative estimate of drug-likeness (QED) is 0.539. The van der Waals surface area contributed by atoms with Gasteiger partial charge in [-0.05, 0) is 59.5 Å². The maximum absolute atomic E-state index is 13.4. The van der Waals surface area contributed by atoms with Crippen LogP contribution in [0.25, 0.3) is 0 Å². The van der Waals surface area contributed by atoms with Crippen molar-refractivity contribution in [3.63, 3.8) is 0 Å². The summed E-state index contributed by atoms with van der Waals surface area (Å²) in [6, 6.07) is 16.3. The Hall–Kier alpha value is -2.88. The predicted octanol–water partition coefficient (Wildman–Crippen LogP) is 4.79. The number of carbonyl (C=O) groups excluding carboxylic acids is 1. The maximum Gasteiger partial charge on any atom is 0.416 e. The van der Waals surface area contributed by atoms with Gasteiger partial charge in [0.15, 0.2) is 0 Å². The fraction of sp³-hybridized carbons (Fsp3) is 0.208. The molecule has 3 aromatic rings. The molecular formula is C24H20ClF3N2O3S. The van der Waals surface area contributed by atoms with E-state index in [0.717, 1.165) is 45.3 Å². The minimum absolute atomic E-state index is 0.0746. The number of halogens is 4. The molecule has 178 valence electrons. The minimum Gasteiger partial charge on any atom is -0.351 e. The van der Waals surface area contributed by atoms with Crippen LogP contribution in [0, 0.1) is 0 Å². The molecule has 1 atom stereocenters. The fourth-order valence-corrected chi connectivity index (χ4v) is 5.66. The first kappa shape index (κ1) is 24.3. The van der Waals surface area contributed by atoms with Gasteiger partial charge >= 0.3 is 6.18 Å². The number of hydrogen-bond acceptors (Lipinski definition) is 3. The highest BCUT2D eigenvalue weighted by molar-refractivity contribution is 7.89. The monoisotopic (exact) mass is 508 g/mol. The first-order valence-corrected chi connectivity index (χ1v) is 12.2. The van der Waals surface area contributed by atoms with E-state index in [9.17, 15) is 26.4 Å². The number of alkyl halides is 3. The number of amides is 1. The summed E-state index contributed by atoms with van der Waals surface area (Å²) in [5.41, 5.74) is 1.36. The molecule has 0 aromatic heterocycles. The lowest BCUT2D eigenvalue weighted by atomic mass is 9.95. The summed E-state index contributed by atoms with van der Waals surface area (Å²) in [7, 11) is -4.27. The topological polar surface area (TPSA) is 66.5 Å². The number of nitrogens with one attached hydrogen (secondary N) is 1. The van der Waals surface area contributed by atoms with Gasteiger partial charge in [-0.3, -0.25) is 4.79 Å². The van der Waals surface area contributed by atoms with E-state index >= 15 is 0 Å². The van der Waals surface area contributed by atoms with E-state index in [1.165, 1.54) is 0 Å². The molecule has 1 heterocycles. The van der Waals surface area contributed by atoms with E-state index in [-0.39, 0.29) is 24.4 Å². The Kier molecular flexibility index (Phi) is 6.71. The Morgan fingerprint density at radius 2 is 1.68 bits per heavy atom. The van der Waals surface area contributed by atoms with Gasteiger partial charge in [0.25, 0.3) is 0 Å². The van der Waals surface area contributed by atoms with Crippen molar-refractivity contribution >= 4 is 27.5 Å². The van der Waals surface area contributed by atoms with Crippen LogP contribution in [0.3, 0.4) is 0 Å². The molecule has 3 aromatic carbocycles. The number of fused-ring (bicyclic) bond motifs is 1. The van der Waals surface area contributed by atoms with Crippen LogP contribution < -0.4 is 5.32 Å². The summed E-state index contributed by atoms with van der Waals surface area (Å²) in [6.07, 6.45) is -4.45. The number of nitrogens with zero attached hydrogens (tertiary/aromatic N) is 1. The van der Waals surface area contributed by atoms with E-state index in [1.54, 1.807) is 42.5 Å². The Bertz CT molecular complexity index is 1310.